The molecule has 1 heterocycles. The van der Waals surface area contributed by atoms with Gasteiger partial charge in [0.2, 0.25) is 0 Å². The molecule has 0 saturated heterocycles. The molecule has 1 N–H and O–H groups in total. The van der Waals surface area contributed by atoms with E-state index in [1.165, 1.54) is 0 Å². The van der Waals surface area contributed by atoms with Crippen LogP contribution in [-0.2, 0) is 4.74 Å². The highest BCUT2D eigenvalue weighted by Gasteiger charge is 2.00. The molecule has 1 aliphatic heterocycles. The number of nitrogens with one attached hydrogen (secondary N) is 1. The van der Waals surface area contributed by atoms with Crippen LogP contribution in [0, 0.1) is 6.26 Å². The first-order chi connectivity index (χ1) is 4.79. The Balaban J connectivity index is 2.34. The quantitative estimate of drug-likeness (QED) is 0.625. The van der Waals surface area contributed by atoms with E-state index in [2.05, 4.69) is 25.4 Å². The minimum atomic E-state index is 0.456. The largest absolute Gasteiger partial charge is 0.459 e. The molecule has 0 fully saturated rings. The van der Waals surface area contributed by atoms with Crippen LogP contribution in [0.25, 0.3) is 0 Å². The summed E-state index contributed by atoms with van der Waals surface area (Å²) in [4.78, 5) is 0. The van der Waals surface area contributed by atoms with Gasteiger partial charge in [0.05, 0.1) is 12.0 Å². The van der Waals surface area contributed by atoms with Crippen molar-refractivity contribution in [1.29, 1.82) is 0 Å². The minimum absolute atomic E-state index is 0.456. The molecule has 2 heteroatoms. The van der Waals surface area contributed by atoms with Crippen LogP contribution in [0.4, 0.5) is 0 Å². The smallest absolute Gasteiger partial charge is 0.189 e. The van der Waals surface area contributed by atoms with Crippen LogP contribution in [0.5, 0.6) is 0 Å². The topological polar surface area (TPSA) is 21.3 Å². The molecule has 1 radical (unpaired) electrons. The summed E-state index contributed by atoms with van der Waals surface area (Å²) in [6.45, 7) is 4.18. The van der Waals surface area contributed by atoms with Gasteiger partial charge in [-0.3, -0.25) is 0 Å². The van der Waals surface area contributed by atoms with Gasteiger partial charge in [0.15, 0.2) is 6.26 Å². The predicted molar refractivity (Wildman–Crippen MR) is 39.9 cm³/mol. The van der Waals surface area contributed by atoms with E-state index in [0.717, 1.165) is 12.1 Å². The van der Waals surface area contributed by atoms with Crippen LogP contribution >= 0.6 is 0 Å². The summed E-state index contributed by atoms with van der Waals surface area (Å²) < 4.78 is 4.85. The van der Waals surface area contributed by atoms with Gasteiger partial charge in [-0.1, -0.05) is 0 Å². The van der Waals surface area contributed by atoms with E-state index in [-0.39, 0.29) is 0 Å². The number of rotatable bonds is 2. The third-order valence-corrected chi connectivity index (χ3v) is 1.13. The van der Waals surface area contributed by atoms with E-state index in [4.69, 9.17) is 4.74 Å². The third kappa shape index (κ3) is 2.13. The van der Waals surface area contributed by atoms with Gasteiger partial charge in [-0.25, -0.2) is 0 Å². The molecule has 1 rings (SSSR count). The predicted octanol–water partition coefficient (Wildman–Crippen LogP) is 1.56. The Morgan fingerprint density at radius 3 is 3.00 bits per heavy atom. The number of hydrogen-bond donors (Lipinski definition) is 1. The summed E-state index contributed by atoms with van der Waals surface area (Å²) in [5.41, 5.74) is 1.03. The minimum Gasteiger partial charge on any atom is -0.459 e. The van der Waals surface area contributed by atoms with Crippen molar-refractivity contribution in [2.45, 2.75) is 26.3 Å². The summed E-state index contributed by atoms with van der Waals surface area (Å²) in [5.74, 6) is 0. The first-order valence-electron chi connectivity index (χ1n) is 3.48. The molecule has 0 bridgehead atoms. The van der Waals surface area contributed by atoms with Crippen molar-refractivity contribution >= 4 is 0 Å². The second-order valence-electron chi connectivity index (χ2n) is 2.57. The van der Waals surface area contributed by atoms with Crippen molar-refractivity contribution in [2.75, 3.05) is 0 Å². The molecular formula is C8H12NO. The number of ether oxygens (including phenoxy) is 1. The number of hydrogen-bond acceptors (Lipinski definition) is 2. The van der Waals surface area contributed by atoms with E-state index in [9.17, 15) is 0 Å². The van der Waals surface area contributed by atoms with E-state index in [1.54, 1.807) is 6.26 Å². The van der Waals surface area contributed by atoms with Gasteiger partial charge >= 0.3 is 0 Å². The van der Waals surface area contributed by atoms with Crippen LogP contribution in [0.1, 0.15) is 20.3 Å². The van der Waals surface area contributed by atoms with Crippen molar-refractivity contribution in [3.8, 4) is 0 Å². The zero-order chi connectivity index (χ0) is 7.40. The Bertz CT molecular complexity index is 159. The van der Waals surface area contributed by atoms with E-state index in [0.29, 0.717) is 6.04 Å². The zero-order valence-corrected chi connectivity index (χ0v) is 6.35. The van der Waals surface area contributed by atoms with E-state index >= 15 is 0 Å². The van der Waals surface area contributed by atoms with Crippen LogP contribution in [-0.4, -0.2) is 6.04 Å². The van der Waals surface area contributed by atoms with Crippen molar-refractivity contribution in [2.24, 2.45) is 0 Å². The Hall–Kier alpha value is -0.920. The van der Waals surface area contributed by atoms with Crippen LogP contribution < -0.4 is 5.32 Å². The molecule has 2 nitrogen and oxygen atoms in total. The van der Waals surface area contributed by atoms with Crippen molar-refractivity contribution in [3.05, 3.63) is 24.3 Å². The molecule has 0 aromatic carbocycles. The molecule has 0 unspecified atom stereocenters. The van der Waals surface area contributed by atoms with Crippen LogP contribution in [0.15, 0.2) is 18.0 Å². The molecule has 10 heavy (non-hydrogen) atoms. The molecule has 1 aliphatic rings. The summed E-state index contributed by atoms with van der Waals surface area (Å²) in [5, 5.41) is 3.21. The van der Waals surface area contributed by atoms with E-state index < -0.39 is 0 Å². The molecule has 0 amide bonds. The lowest BCUT2D eigenvalue weighted by atomic mass is 10.2. The monoisotopic (exact) mass is 138 g/mol. The van der Waals surface area contributed by atoms with Crippen LogP contribution in [0.3, 0.4) is 0 Å². The second kappa shape index (κ2) is 3.30. The average molecular weight is 138 g/mol. The average Bonchev–Trinajstić information content (AvgIpc) is 1.88. The van der Waals surface area contributed by atoms with Gasteiger partial charge in [-0.15, -0.1) is 0 Å². The lowest BCUT2D eigenvalue weighted by molar-refractivity contribution is 0.351. The van der Waals surface area contributed by atoms with E-state index in [1.807, 2.05) is 6.08 Å². The van der Waals surface area contributed by atoms with Crippen LogP contribution in [0.2, 0.25) is 0 Å². The molecule has 0 saturated carbocycles. The fourth-order valence-electron chi connectivity index (χ4n) is 0.798. The molecule has 55 valence electrons. The number of allylic oxidation sites excluding steroid dienone is 1. The fraction of sp³-hybridized carbons (Fsp3) is 0.500. The van der Waals surface area contributed by atoms with Crippen molar-refractivity contribution in [3.63, 3.8) is 0 Å². The molecule has 0 aliphatic carbocycles. The van der Waals surface area contributed by atoms with Crippen molar-refractivity contribution < 1.29 is 4.74 Å². The first-order valence-corrected chi connectivity index (χ1v) is 3.48. The second-order valence-corrected chi connectivity index (χ2v) is 2.57. The molecule has 0 aromatic rings. The highest BCUT2D eigenvalue weighted by molar-refractivity contribution is 5.03. The Morgan fingerprint density at radius 1 is 1.70 bits per heavy atom. The molecule has 0 atom stereocenters. The maximum atomic E-state index is 4.85. The summed E-state index contributed by atoms with van der Waals surface area (Å²) in [7, 11) is 0. The molecule has 0 aromatic heterocycles. The Kier molecular flexibility index (Phi) is 2.37. The summed E-state index contributed by atoms with van der Waals surface area (Å²) in [6.07, 6.45) is 7.27. The van der Waals surface area contributed by atoms with Gasteiger partial charge in [0.1, 0.15) is 0 Å². The fourth-order valence-corrected chi connectivity index (χ4v) is 0.798. The maximum Gasteiger partial charge on any atom is 0.189 e. The molecular weight excluding hydrogens is 126 g/mol. The van der Waals surface area contributed by atoms with Crippen molar-refractivity contribution in [1.82, 2.24) is 5.32 Å². The normalized spacial score (nSPS) is 16.5. The van der Waals surface area contributed by atoms with Gasteiger partial charge in [-0.2, -0.15) is 0 Å². The van der Waals surface area contributed by atoms with Gasteiger partial charge < -0.3 is 10.1 Å². The van der Waals surface area contributed by atoms with Gasteiger partial charge in [0.25, 0.3) is 0 Å². The maximum absolute atomic E-state index is 4.85. The van der Waals surface area contributed by atoms with Gasteiger partial charge in [-0.05, 0) is 19.9 Å². The summed E-state index contributed by atoms with van der Waals surface area (Å²) in [6, 6.07) is 0.456. The molecule has 0 spiro atoms. The Labute approximate surface area is 61.6 Å². The lowest BCUT2D eigenvalue weighted by Gasteiger charge is -2.13. The standard InChI is InChI=1S/C8H12NO/c1-7(2)9-8-4-3-5-10-6-8/h3,5,7,9H,4H2,1-2H3. The summed E-state index contributed by atoms with van der Waals surface area (Å²) >= 11 is 0. The van der Waals surface area contributed by atoms with Gasteiger partial charge in [0, 0.05) is 12.5 Å². The SMILES string of the molecule is CC(C)NC1=[C]OC=CC1. The Morgan fingerprint density at radius 2 is 2.50 bits per heavy atom. The lowest BCUT2D eigenvalue weighted by Crippen LogP contribution is -2.22. The highest BCUT2D eigenvalue weighted by Crippen LogP contribution is 2.04. The first kappa shape index (κ1) is 7.19. The highest BCUT2D eigenvalue weighted by atomic mass is 16.5. The third-order valence-electron chi connectivity index (χ3n) is 1.13. The zero-order valence-electron chi connectivity index (χ0n) is 6.35.